The van der Waals surface area contributed by atoms with Gasteiger partial charge in [0.05, 0.1) is 17.2 Å². The number of rotatable bonds is 4. The van der Waals surface area contributed by atoms with Crippen molar-refractivity contribution in [3.05, 3.63) is 62.6 Å². The number of hydrogen-bond acceptors (Lipinski definition) is 6. The SMILES string of the molecule is O=C(Cn1cc([N+](=O)[O-])ccc1=O)N1CCCC1c1ccc2c(c1)OCCO2. The molecular formula is C19H19N3O6. The Bertz CT molecular complexity index is 986. The van der Waals surface area contributed by atoms with Crippen molar-refractivity contribution in [1.29, 1.82) is 0 Å². The molecule has 1 saturated heterocycles. The number of carbonyl (C=O) groups excluding carboxylic acids is 1. The van der Waals surface area contributed by atoms with Gasteiger partial charge in [-0.05, 0) is 30.5 Å². The fraction of sp³-hybridized carbons (Fsp3) is 0.368. The van der Waals surface area contributed by atoms with Gasteiger partial charge in [-0.1, -0.05) is 6.07 Å². The molecule has 2 aliphatic heterocycles. The fourth-order valence-corrected chi connectivity index (χ4v) is 3.67. The first-order valence-corrected chi connectivity index (χ1v) is 9.07. The van der Waals surface area contributed by atoms with E-state index in [-0.39, 0.29) is 24.2 Å². The third-order valence-corrected chi connectivity index (χ3v) is 5.01. The number of nitrogens with zero attached hydrogens (tertiary/aromatic N) is 3. The van der Waals surface area contributed by atoms with Crippen molar-refractivity contribution in [2.24, 2.45) is 0 Å². The maximum atomic E-state index is 12.9. The minimum atomic E-state index is -0.589. The lowest BCUT2D eigenvalue weighted by Gasteiger charge is -2.27. The normalized spacial score (nSPS) is 18.1. The summed E-state index contributed by atoms with van der Waals surface area (Å²) in [5.41, 5.74) is 0.271. The van der Waals surface area contributed by atoms with Crippen molar-refractivity contribution in [3.8, 4) is 11.5 Å². The van der Waals surface area contributed by atoms with Crippen LogP contribution in [0.2, 0.25) is 0 Å². The van der Waals surface area contributed by atoms with E-state index in [0.29, 0.717) is 31.3 Å². The predicted octanol–water partition coefficient (Wildman–Crippen LogP) is 1.89. The summed E-state index contributed by atoms with van der Waals surface area (Å²) in [5.74, 6) is 1.10. The summed E-state index contributed by atoms with van der Waals surface area (Å²) in [4.78, 5) is 36.9. The van der Waals surface area contributed by atoms with Gasteiger partial charge in [0.15, 0.2) is 11.5 Å². The second-order valence-electron chi connectivity index (χ2n) is 6.76. The van der Waals surface area contributed by atoms with Gasteiger partial charge in [-0.3, -0.25) is 24.3 Å². The molecule has 1 amide bonds. The number of benzene rings is 1. The van der Waals surface area contributed by atoms with Crippen molar-refractivity contribution in [1.82, 2.24) is 9.47 Å². The number of likely N-dealkylation sites (tertiary alicyclic amines) is 1. The van der Waals surface area contributed by atoms with Crippen molar-refractivity contribution < 1.29 is 19.2 Å². The van der Waals surface area contributed by atoms with E-state index in [4.69, 9.17) is 9.47 Å². The minimum absolute atomic E-state index is 0.127. The van der Waals surface area contributed by atoms with Gasteiger partial charge in [-0.25, -0.2) is 0 Å². The van der Waals surface area contributed by atoms with Crippen LogP contribution < -0.4 is 15.0 Å². The second kappa shape index (κ2) is 7.34. The highest BCUT2D eigenvalue weighted by Crippen LogP contribution is 2.38. The Balaban J connectivity index is 1.55. The van der Waals surface area contributed by atoms with Crippen LogP contribution in [0.4, 0.5) is 5.69 Å². The van der Waals surface area contributed by atoms with Crippen molar-refractivity contribution in [2.75, 3.05) is 19.8 Å². The summed E-state index contributed by atoms with van der Waals surface area (Å²) < 4.78 is 12.3. The highest BCUT2D eigenvalue weighted by atomic mass is 16.6. The van der Waals surface area contributed by atoms with Crippen molar-refractivity contribution in [2.45, 2.75) is 25.4 Å². The molecule has 28 heavy (non-hydrogen) atoms. The first kappa shape index (κ1) is 18.0. The molecule has 0 spiro atoms. The lowest BCUT2D eigenvalue weighted by Crippen LogP contribution is -2.36. The van der Waals surface area contributed by atoms with Gasteiger partial charge in [0.25, 0.3) is 11.2 Å². The molecule has 2 aliphatic rings. The van der Waals surface area contributed by atoms with Crippen LogP contribution in [-0.2, 0) is 11.3 Å². The summed E-state index contributed by atoms with van der Waals surface area (Å²) >= 11 is 0. The van der Waals surface area contributed by atoms with Gasteiger partial charge in [-0.2, -0.15) is 0 Å². The number of carbonyl (C=O) groups is 1. The molecule has 3 heterocycles. The number of hydrogen-bond donors (Lipinski definition) is 0. The summed E-state index contributed by atoms with van der Waals surface area (Å²) in [6.45, 7) is 1.33. The molecule has 0 radical (unpaired) electrons. The molecular weight excluding hydrogens is 366 g/mol. The molecule has 1 fully saturated rings. The van der Waals surface area contributed by atoms with Gasteiger partial charge in [0, 0.05) is 18.7 Å². The Morgan fingerprint density at radius 3 is 2.75 bits per heavy atom. The summed E-state index contributed by atoms with van der Waals surface area (Å²) in [6, 6.07) is 7.77. The monoisotopic (exact) mass is 385 g/mol. The molecule has 1 aromatic carbocycles. The maximum Gasteiger partial charge on any atom is 0.285 e. The molecule has 1 unspecified atom stereocenters. The van der Waals surface area contributed by atoms with Crippen LogP contribution in [0.25, 0.3) is 0 Å². The number of ether oxygens (including phenoxy) is 2. The van der Waals surface area contributed by atoms with Gasteiger partial charge in [0.2, 0.25) is 5.91 Å². The lowest BCUT2D eigenvalue weighted by atomic mass is 10.0. The number of amides is 1. The van der Waals surface area contributed by atoms with Gasteiger partial charge >= 0.3 is 0 Å². The van der Waals surface area contributed by atoms with E-state index in [1.54, 1.807) is 4.90 Å². The summed E-state index contributed by atoms with van der Waals surface area (Å²) in [7, 11) is 0. The van der Waals surface area contributed by atoms with Gasteiger partial charge in [0.1, 0.15) is 19.8 Å². The van der Waals surface area contributed by atoms with E-state index in [1.807, 2.05) is 18.2 Å². The Hall–Kier alpha value is -3.36. The average Bonchev–Trinajstić information content (AvgIpc) is 3.19. The van der Waals surface area contributed by atoms with E-state index in [2.05, 4.69) is 0 Å². The Kier molecular flexibility index (Phi) is 4.72. The summed E-state index contributed by atoms with van der Waals surface area (Å²) in [6.07, 6.45) is 2.75. The van der Waals surface area contributed by atoms with Crippen LogP contribution in [-0.4, -0.2) is 40.1 Å². The number of aromatic nitrogens is 1. The van der Waals surface area contributed by atoms with Crippen molar-refractivity contribution in [3.63, 3.8) is 0 Å². The molecule has 4 rings (SSSR count). The second-order valence-corrected chi connectivity index (χ2v) is 6.76. The summed E-state index contributed by atoms with van der Waals surface area (Å²) in [5, 5.41) is 10.9. The van der Waals surface area contributed by atoms with E-state index in [9.17, 15) is 19.7 Å². The molecule has 2 aromatic rings. The fourth-order valence-electron chi connectivity index (χ4n) is 3.67. The third-order valence-electron chi connectivity index (χ3n) is 5.01. The van der Waals surface area contributed by atoms with Crippen LogP contribution in [0.3, 0.4) is 0 Å². The maximum absolute atomic E-state index is 12.9. The topological polar surface area (TPSA) is 104 Å². The third kappa shape index (κ3) is 3.42. The van der Waals surface area contributed by atoms with E-state index in [0.717, 1.165) is 41.3 Å². The molecule has 1 atom stereocenters. The highest BCUT2D eigenvalue weighted by molar-refractivity contribution is 5.77. The Morgan fingerprint density at radius 2 is 1.96 bits per heavy atom. The number of pyridine rings is 1. The first-order valence-electron chi connectivity index (χ1n) is 9.07. The van der Waals surface area contributed by atoms with Crippen LogP contribution in [0, 0.1) is 10.1 Å². The average molecular weight is 385 g/mol. The van der Waals surface area contributed by atoms with Crippen LogP contribution in [0.1, 0.15) is 24.4 Å². The Morgan fingerprint density at radius 1 is 1.18 bits per heavy atom. The van der Waals surface area contributed by atoms with E-state index >= 15 is 0 Å². The Labute approximate surface area is 160 Å². The van der Waals surface area contributed by atoms with Gasteiger partial charge < -0.3 is 14.4 Å². The zero-order valence-electron chi connectivity index (χ0n) is 15.1. The largest absolute Gasteiger partial charge is 0.486 e. The van der Waals surface area contributed by atoms with Crippen LogP contribution in [0.5, 0.6) is 11.5 Å². The van der Waals surface area contributed by atoms with Crippen LogP contribution >= 0.6 is 0 Å². The first-order chi connectivity index (χ1) is 13.5. The number of fused-ring (bicyclic) bond motifs is 1. The zero-order valence-corrected chi connectivity index (χ0v) is 15.1. The molecule has 146 valence electrons. The number of nitro groups is 1. The quantitative estimate of drug-likeness (QED) is 0.588. The standard InChI is InChI=1S/C19H19N3O6/c23-18-6-4-14(22(25)26)11-20(18)12-19(24)21-7-1-2-15(21)13-3-5-16-17(10-13)28-9-8-27-16/h3-6,10-11,15H,1-2,7-9,12H2. The van der Waals surface area contributed by atoms with Gasteiger partial charge in [-0.15, -0.1) is 0 Å². The molecule has 1 aromatic heterocycles. The minimum Gasteiger partial charge on any atom is -0.486 e. The smallest absolute Gasteiger partial charge is 0.285 e. The zero-order chi connectivity index (χ0) is 19.7. The van der Waals surface area contributed by atoms with Crippen molar-refractivity contribution >= 4 is 11.6 Å². The molecule has 0 N–H and O–H groups in total. The highest BCUT2D eigenvalue weighted by Gasteiger charge is 2.31. The predicted molar refractivity (Wildman–Crippen MR) is 98.5 cm³/mol. The molecule has 9 heteroatoms. The molecule has 0 aliphatic carbocycles. The molecule has 0 saturated carbocycles. The van der Waals surface area contributed by atoms with E-state index in [1.165, 1.54) is 0 Å². The van der Waals surface area contributed by atoms with E-state index < -0.39 is 10.5 Å². The molecule has 9 nitrogen and oxygen atoms in total. The van der Waals surface area contributed by atoms with Crippen LogP contribution in [0.15, 0.2) is 41.3 Å². The lowest BCUT2D eigenvalue weighted by molar-refractivity contribution is -0.385. The molecule has 0 bridgehead atoms.